The van der Waals surface area contributed by atoms with E-state index in [2.05, 4.69) is 26.1 Å². The summed E-state index contributed by atoms with van der Waals surface area (Å²) in [5.74, 6) is 0.621. The van der Waals surface area contributed by atoms with Crippen LogP contribution in [0.25, 0.3) is 0 Å². The molecule has 18 heavy (non-hydrogen) atoms. The van der Waals surface area contributed by atoms with E-state index in [1.165, 1.54) is 0 Å². The van der Waals surface area contributed by atoms with Crippen molar-refractivity contribution in [3.63, 3.8) is 0 Å². The van der Waals surface area contributed by atoms with Gasteiger partial charge >= 0.3 is 6.09 Å². The average Bonchev–Trinajstić information content (AvgIpc) is 2.28. The van der Waals surface area contributed by atoms with Crippen LogP contribution in [-0.4, -0.2) is 19.8 Å². The molecule has 0 spiro atoms. The summed E-state index contributed by atoms with van der Waals surface area (Å²) >= 11 is 0. The number of amides is 1. The minimum Gasteiger partial charge on any atom is -0.495 e. The normalized spacial score (nSPS) is 10.9. The molecule has 0 aliphatic heterocycles. The molecule has 1 aromatic rings. The zero-order valence-electron chi connectivity index (χ0n) is 11.7. The highest BCUT2D eigenvalue weighted by molar-refractivity contribution is 5.87. The van der Waals surface area contributed by atoms with Gasteiger partial charge in [-0.2, -0.15) is 0 Å². The standard InChI is InChI=1S/C14H21NO3/c1-6-18-13(16)15-11-9-10(14(2,3)4)7-8-12(11)17-5/h7-9H,6H2,1-5H3,(H,15,16). The third-order valence-corrected chi connectivity index (χ3v) is 2.58. The minimum absolute atomic E-state index is 0.0113. The number of carbonyl (C=O) groups is 1. The molecule has 4 nitrogen and oxygen atoms in total. The summed E-state index contributed by atoms with van der Waals surface area (Å²) in [4.78, 5) is 11.5. The Kier molecular flexibility index (Phi) is 4.59. The molecule has 0 radical (unpaired) electrons. The van der Waals surface area contributed by atoms with E-state index in [1.807, 2.05) is 18.2 Å². The lowest BCUT2D eigenvalue weighted by molar-refractivity contribution is 0.168. The summed E-state index contributed by atoms with van der Waals surface area (Å²) in [6, 6.07) is 5.76. The second-order valence-electron chi connectivity index (χ2n) is 5.01. The molecular formula is C14H21NO3. The Bertz CT molecular complexity index is 422. The van der Waals surface area contributed by atoms with Crippen LogP contribution < -0.4 is 10.1 Å². The molecule has 0 saturated heterocycles. The van der Waals surface area contributed by atoms with Crippen molar-refractivity contribution in [3.8, 4) is 5.75 Å². The molecule has 0 unspecified atom stereocenters. The van der Waals surface area contributed by atoms with Gasteiger partial charge in [-0.25, -0.2) is 4.79 Å². The number of carbonyl (C=O) groups excluding carboxylic acids is 1. The second-order valence-corrected chi connectivity index (χ2v) is 5.01. The van der Waals surface area contributed by atoms with Gasteiger partial charge in [-0.1, -0.05) is 26.8 Å². The molecule has 1 amide bonds. The van der Waals surface area contributed by atoms with E-state index < -0.39 is 6.09 Å². The second kappa shape index (κ2) is 5.76. The van der Waals surface area contributed by atoms with Gasteiger partial charge in [0.2, 0.25) is 0 Å². The fraction of sp³-hybridized carbons (Fsp3) is 0.500. The molecule has 1 aromatic carbocycles. The van der Waals surface area contributed by atoms with Crippen molar-refractivity contribution in [2.24, 2.45) is 0 Å². The van der Waals surface area contributed by atoms with Gasteiger partial charge in [0.25, 0.3) is 0 Å². The van der Waals surface area contributed by atoms with Gasteiger partial charge in [0.15, 0.2) is 0 Å². The lowest BCUT2D eigenvalue weighted by Gasteiger charge is -2.21. The van der Waals surface area contributed by atoms with E-state index in [0.29, 0.717) is 18.0 Å². The van der Waals surface area contributed by atoms with Gasteiger partial charge in [-0.15, -0.1) is 0 Å². The van der Waals surface area contributed by atoms with Gasteiger partial charge in [-0.05, 0) is 30.0 Å². The van der Waals surface area contributed by atoms with Crippen molar-refractivity contribution < 1.29 is 14.3 Å². The van der Waals surface area contributed by atoms with Gasteiger partial charge < -0.3 is 9.47 Å². The zero-order chi connectivity index (χ0) is 13.8. The first-order valence-corrected chi connectivity index (χ1v) is 6.00. The average molecular weight is 251 g/mol. The molecule has 4 heteroatoms. The number of nitrogens with one attached hydrogen (secondary N) is 1. The zero-order valence-corrected chi connectivity index (χ0v) is 11.7. The number of ether oxygens (including phenoxy) is 2. The minimum atomic E-state index is -0.471. The van der Waals surface area contributed by atoms with E-state index in [-0.39, 0.29) is 5.41 Å². The first kappa shape index (κ1) is 14.4. The van der Waals surface area contributed by atoms with Crippen LogP contribution in [-0.2, 0) is 10.2 Å². The van der Waals surface area contributed by atoms with Crippen LogP contribution in [0.5, 0.6) is 5.75 Å². The van der Waals surface area contributed by atoms with E-state index in [1.54, 1.807) is 14.0 Å². The Morgan fingerprint density at radius 1 is 1.33 bits per heavy atom. The Morgan fingerprint density at radius 3 is 2.50 bits per heavy atom. The van der Waals surface area contributed by atoms with Crippen LogP contribution in [0, 0.1) is 0 Å². The first-order valence-electron chi connectivity index (χ1n) is 6.00. The molecule has 1 N–H and O–H groups in total. The highest BCUT2D eigenvalue weighted by atomic mass is 16.5. The summed E-state index contributed by atoms with van der Waals surface area (Å²) < 4.78 is 10.1. The van der Waals surface area contributed by atoms with Crippen LogP contribution in [0.4, 0.5) is 10.5 Å². The van der Waals surface area contributed by atoms with Crippen molar-refractivity contribution in [2.45, 2.75) is 33.1 Å². The number of methoxy groups -OCH3 is 1. The quantitative estimate of drug-likeness (QED) is 0.893. The number of hydrogen-bond acceptors (Lipinski definition) is 3. The molecule has 0 heterocycles. The van der Waals surface area contributed by atoms with Crippen LogP contribution in [0.3, 0.4) is 0 Å². The van der Waals surface area contributed by atoms with Crippen molar-refractivity contribution in [1.82, 2.24) is 0 Å². The van der Waals surface area contributed by atoms with Crippen molar-refractivity contribution in [2.75, 3.05) is 19.0 Å². The number of hydrogen-bond donors (Lipinski definition) is 1. The van der Waals surface area contributed by atoms with Gasteiger partial charge in [0.05, 0.1) is 19.4 Å². The van der Waals surface area contributed by atoms with Crippen molar-refractivity contribution in [1.29, 1.82) is 0 Å². The Morgan fingerprint density at radius 2 is 2.00 bits per heavy atom. The van der Waals surface area contributed by atoms with Crippen LogP contribution in [0.15, 0.2) is 18.2 Å². The molecule has 1 rings (SSSR count). The van der Waals surface area contributed by atoms with E-state index in [0.717, 1.165) is 5.56 Å². The number of benzene rings is 1. The third kappa shape index (κ3) is 3.65. The van der Waals surface area contributed by atoms with Crippen LogP contribution in [0.2, 0.25) is 0 Å². The van der Waals surface area contributed by atoms with Gasteiger partial charge in [0.1, 0.15) is 5.75 Å². The van der Waals surface area contributed by atoms with E-state index >= 15 is 0 Å². The van der Waals surface area contributed by atoms with E-state index in [4.69, 9.17) is 9.47 Å². The fourth-order valence-corrected chi connectivity index (χ4v) is 1.55. The Balaban J connectivity index is 3.03. The molecule has 0 atom stereocenters. The predicted octanol–water partition coefficient (Wildman–Crippen LogP) is 3.56. The lowest BCUT2D eigenvalue weighted by atomic mass is 9.87. The molecule has 0 aromatic heterocycles. The predicted molar refractivity (Wildman–Crippen MR) is 72.3 cm³/mol. The maximum atomic E-state index is 11.5. The van der Waals surface area contributed by atoms with Gasteiger partial charge in [0, 0.05) is 0 Å². The van der Waals surface area contributed by atoms with Crippen molar-refractivity contribution in [3.05, 3.63) is 23.8 Å². The number of rotatable bonds is 3. The van der Waals surface area contributed by atoms with Crippen LogP contribution in [0.1, 0.15) is 33.3 Å². The highest BCUT2D eigenvalue weighted by Gasteiger charge is 2.17. The molecule has 0 saturated carbocycles. The number of anilines is 1. The summed E-state index contributed by atoms with van der Waals surface area (Å²) in [6.45, 7) is 8.45. The molecule has 0 aliphatic carbocycles. The van der Waals surface area contributed by atoms with Gasteiger partial charge in [-0.3, -0.25) is 5.32 Å². The molecule has 0 aliphatic rings. The van der Waals surface area contributed by atoms with E-state index in [9.17, 15) is 4.79 Å². The molecular weight excluding hydrogens is 230 g/mol. The maximum absolute atomic E-state index is 11.5. The Labute approximate surface area is 108 Å². The van der Waals surface area contributed by atoms with Crippen LogP contribution >= 0.6 is 0 Å². The smallest absolute Gasteiger partial charge is 0.411 e. The maximum Gasteiger partial charge on any atom is 0.411 e. The molecule has 0 fully saturated rings. The summed E-state index contributed by atoms with van der Waals surface area (Å²) in [5.41, 5.74) is 1.76. The summed E-state index contributed by atoms with van der Waals surface area (Å²) in [6.07, 6.45) is -0.471. The summed E-state index contributed by atoms with van der Waals surface area (Å²) in [5, 5.41) is 2.69. The fourth-order valence-electron chi connectivity index (χ4n) is 1.55. The topological polar surface area (TPSA) is 47.6 Å². The molecule has 100 valence electrons. The lowest BCUT2D eigenvalue weighted by Crippen LogP contribution is -2.16. The summed E-state index contributed by atoms with van der Waals surface area (Å²) in [7, 11) is 1.57. The third-order valence-electron chi connectivity index (χ3n) is 2.58. The largest absolute Gasteiger partial charge is 0.495 e. The highest BCUT2D eigenvalue weighted by Crippen LogP contribution is 2.31. The monoisotopic (exact) mass is 251 g/mol. The molecule has 0 bridgehead atoms. The first-order chi connectivity index (χ1) is 8.38. The van der Waals surface area contributed by atoms with Crippen molar-refractivity contribution >= 4 is 11.8 Å². The SMILES string of the molecule is CCOC(=O)Nc1cc(C(C)(C)C)ccc1OC. The Hall–Kier alpha value is -1.71.